The third-order valence-corrected chi connectivity index (χ3v) is 9.70. The van der Waals surface area contributed by atoms with Gasteiger partial charge in [0.2, 0.25) is 0 Å². The summed E-state index contributed by atoms with van der Waals surface area (Å²) in [5, 5.41) is 17.9. The van der Waals surface area contributed by atoms with Crippen LogP contribution in [0.25, 0.3) is 43.4 Å². The SMILES string of the molecule is COc1ccc(C(OCc2cc(CO)cc(-c3ccc4ccc5cccc6ccc3c4c56)c2)(c2ccccc2)c2ccc(OC)cc2)cc1. The van der Waals surface area contributed by atoms with Gasteiger partial charge in [-0.3, -0.25) is 0 Å². The molecule has 240 valence electrons. The third kappa shape index (κ3) is 5.36. The Morgan fingerprint density at radius 2 is 1.06 bits per heavy atom. The monoisotopic (exact) mass is 640 g/mol. The minimum absolute atomic E-state index is 0.0759. The molecule has 0 atom stereocenters. The molecule has 4 heteroatoms. The molecule has 0 unspecified atom stereocenters. The zero-order chi connectivity index (χ0) is 33.4. The minimum Gasteiger partial charge on any atom is -0.497 e. The normalized spacial score (nSPS) is 11.8. The molecule has 0 saturated carbocycles. The summed E-state index contributed by atoms with van der Waals surface area (Å²) < 4.78 is 18.3. The molecular formula is C45H36O4. The van der Waals surface area contributed by atoms with Gasteiger partial charge in [-0.15, -0.1) is 0 Å². The van der Waals surface area contributed by atoms with E-state index in [1.165, 1.54) is 32.3 Å². The van der Waals surface area contributed by atoms with E-state index in [0.29, 0.717) is 6.61 Å². The van der Waals surface area contributed by atoms with E-state index in [2.05, 4.69) is 103 Å². The number of benzene rings is 8. The maximum Gasteiger partial charge on any atom is 0.144 e. The van der Waals surface area contributed by atoms with E-state index in [0.717, 1.165) is 50.4 Å². The fourth-order valence-electron chi connectivity index (χ4n) is 7.35. The van der Waals surface area contributed by atoms with E-state index in [-0.39, 0.29) is 6.61 Å². The molecule has 0 saturated heterocycles. The van der Waals surface area contributed by atoms with E-state index < -0.39 is 5.60 Å². The largest absolute Gasteiger partial charge is 0.497 e. The van der Waals surface area contributed by atoms with E-state index in [1.54, 1.807) is 14.2 Å². The highest BCUT2D eigenvalue weighted by molar-refractivity contribution is 6.25. The van der Waals surface area contributed by atoms with Crippen molar-refractivity contribution in [1.29, 1.82) is 0 Å². The highest BCUT2D eigenvalue weighted by atomic mass is 16.5. The molecule has 0 aliphatic heterocycles. The lowest BCUT2D eigenvalue weighted by atomic mass is 9.80. The van der Waals surface area contributed by atoms with Crippen LogP contribution in [-0.2, 0) is 23.6 Å². The first-order valence-corrected chi connectivity index (χ1v) is 16.5. The van der Waals surface area contributed by atoms with Crippen LogP contribution in [0.1, 0.15) is 27.8 Å². The molecule has 4 nitrogen and oxygen atoms in total. The number of aliphatic hydroxyl groups is 1. The van der Waals surface area contributed by atoms with Gasteiger partial charge < -0.3 is 19.3 Å². The Hall–Kier alpha value is -5.68. The minimum atomic E-state index is -0.956. The van der Waals surface area contributed by atoms with Crippen molar-refractivity contribution in [1.82, 2.24) is 0 Å². The highest BCUT2D eigenvalue weighted by Crippen LogP contribution is 2.43. The Balaban J connectivity index is 1.27. The Bertz CT molecular complexity index is 2320. The topological polar surface area (TPSA) is 47.9 Å². The van der Waals surface area contributed by atoms with Crippen molar-refractivity contribution in [3.05, 3.63) is 179 Å². The lowest BCUT2D eigenvalue weighted by molar-refractivity contribution is 0.000159. The highest BCUT2D eigenvalue weighted by Gasteiger charge is 2.38. The van der Waals surface area contributed by atoms with Gasteiger partial charge in [-0.1, -0.05) is 115 Å². The maximum absolute atomic E-state index is 10.5. The molecule has 0 fully saturated rings. The first-order valence-electron chi connectivity index (χ1n) is 16.5. The van der Waals surface area contributed by atoms with Gasteiger partial charge in [0.05, 0.1) is 27.4 Å². The quantitative estimate of drug-likeness (QED) is 0.119. The second-order valence-corrected chi connectivity index (χ2v) is 12.5. The van der Waals surface area contributed by atoms with Crippen LogP contribution in [0, 0.1) is 0 Å². The summed E-state index contributed by atoms with van der Waals surface area (Å²) >= 11 is 0. The van der Waals surface area contributed by atoms with E-state index in [1.807, 2.05) is 48.5 Å². The van der Waals surface area contributed by atoms with Crippen LogP contribution >= 0.6 is 0 Å². The molecular weight excluding hydrogens is 604 g/mol. The molecule has 0 amide bonds. The summed E-state index contributed by atoms with van der Waals surface area (Å²) in [4.78, 5) is 0. The molecule has 8 rings (SSSR count). The van der Waals surface area contributed by atoms with Crippen LogP contribution in [-0.4, -0.2) is 19.3 Å². The molecule has 8 aromatic carbocycles. The van der Waals surface area contributed by atoms with Crippen LogP contribution in [0.5, 0.6) is 11.5 Å². The zero-order valence-corrected chi connectivity index (χ0v) is 27.5. The van der Waals surface area contributed by atoms with E-state index in [9.17, 15) is 5.11 Å². The Morgan fingerprint density at radius 1 is 0.510 bits per heavy atom. The molecule has 49 heavy (non-hydrogen) atoms. The number of hydrogen-bond acceptors (Lipinski definition) is 4. The number of ether oxygens (including phenoxy) is 3. The predicted molar refractivity (Wildman–Crippen MR) is 199 cm³/mol. The zero-order valence-electron chi connectivity index (χ0n) is 27.5. The Morgan fingerprint density at radius 3 is 1.67 bits per heavy atom. The van der Waals surface area contributed by atoms with Crippen molar-refractivity contribution >= 4 is 32.3 Å². The molecule has 0 heterocycles. The third-order valence-electron chi connectivity index (χ3n) is 9.70. The fourth-order valence-corrected chi connectivity index (χ4v) is 7.35. The molecule has 0 spiro atoms. The van der Waals surface area contributed by atoms with Gasteiger partial charge in [0.25, 0.3) is 0 Å². The van der Waals surface area contributed by atoms with Crippen LogP contribution in [0.3, 0.4) is 0 Å². The van der Waals surface area contributed by atoms with Crippen LogP contribution in [0.15, 0.2) is 152 Å². The Labute approximate surface area is 286 Å². The molecule has 0 aliphatic carbocycles. The van der Waals surface area contributed by atoms with E-state index >= 15 is 0 Å². The first kappa shape index (κ1) is 30.6. The van der Waals surface area contributed by atoms with Crippen LogP contribution in [0.2, 0.25) is 0 Å². The molecule has 0 aliphatic rings. The standard InChI is InChI=1S/C45H36O4/c1-47-39-19-15-37(16-20-39)45(36-9-4-3-5-10-36,38-17-21-40(48-2)22-18-38)49-29-31-25-30(28-46)26-35(27-31)41-23-13-34-12-11-32-7-6-8-33-14-24-42(41)44(34)43(32)33/h3-27,46H,28-29H2,1-2H3. The summed E-state index contributed by atoms with van der Waals surface area (Å²) in [6, 6.07) is 52.5. The van der Waals surface area contributed by atoms with Gasteiger partial charge in [0.1, 0.15) is 17.1 Å². The number of aliphatic hydroxyl groups excluding tert-OH is 1. The van der Waals surface area contributed by atoms with Gasteiger partial charge in [0.15, 0.2) is 0 Å². The summed E-state index contributed by atoms with van der Waals surface area (Å²) in [5.74, 6) is 1.54. The van der Waals surface area contributed by atoms with E-state index in [4.69, 9.17) is 14.2 Å². The van der Waals surface area contributed by atoms with Gasteiger partial charge in [0, 0.05) is 0 Å². The van der Waals surface area contributed by atoms with Crippen molar-refractivity contribution in [3.8, 4) is 22.6 Å². The predicted octanol–water partition coefficient (Wildman–Crippen LogP) is 10.3. The number of rotatable bonds is 10. The maximum atomic E-state index is 10.5. The number of methoxy groups -OCH3 is 2. The molecule has 0 aromatic heterocycles. The van der Waals surface area contributed by atoms with Crippen molar-refractivity contribution in [2.75, 3.05) is 14.2 Å². The van der Waals surface area contributed by atoms with Crippen molar-refractivity contribution < 1.29 is 19.3 Å². The number of hydrogen-bond donors (Lipinski definition) is 1. The summed E-state index contributed by atoms with van der Waals surface area (Å²) in [6.07, 6.45) is 0. The molecule has 1 N–H and O–H groups in total. The lowest BCUT2D eigenvalue weighted by Crippen LogP contribution is -2.32. The Kier molecular flexibility index (Phi) is 7.96. The molecule has 0 bridgehead atoms. The summed E-state index contributed by atoms with van der Waals surface area (Å²) in [6.45, 7) is 0.215. The summed E-state index contributed by atoms with van der Waals surface area (Å²) in [5.41, 5.74) is 5.95. The lowest BCUT2D eigenvalue weighted by Gasteiger charge is -2.36. The average molecular weight is 641 g/mol. The fraction of sp³-hybridized carbons (Fsp3) is 0.111. The van der Waals surface area contributed by atoms with Gasteiger partial charge in [-0.05, 0) is 108 Å². The van der Waals surface area contributed by atoms with Gasteiger partial charge >= 0.3 is 0 Å². The summed E-state index contributed by atoms with van der Waals surface area (Å²) in [7, 11) is 3.35. The van der Waals surface area contributed by atoms with Crippen LogP contribution in [0.4, 0.5) is 0 Å². The smallest absolute Gasteiger partial charge is 0.144 e. The second-order valence-electron chi connectivity index (χ2n) is 12.5. The van der Waals surface area contributed by atoms with Gasteiger partial charge in [-0.25, -0.2) is 0 Å². The van der Waals surface area contributed by atoms with Crippen molar-refractivity contribution in [2.24, 2.45) is 0 Å². The van der Waals surface area contributed by atoms with Crippen LogP contribution < -0.4 is 9.47 Å². The average Bonchev–Trinajstić information content (AvgIpc) is 3.18. The molecule has 8 aromatic rings. The second kappa shape index (κ2) is 12.7. The van der Waals surface area contributed by atoms with Crippen molar-refractivity contribution in [3.63, 3.8) is 0 Å². The van der Waals surface area contributed by atoms with Crippen molar-refractivity contribution in [2.45, 2.75) is 18.8 Å². The molecule has 0 radical (unpaired) electrons. The first-order chi connectivity index (χ1) is 24.1. The van der Waals surface area contributed by atoms with Gasteiger partial charge in [-0.2, -0.15) is 0 Å².